The lowest BCUT2D eigenvalue weighted by molar-refractivity contribution is 0.0969. The van der Waals surface area contributed by atoms with Gasteiger partial charge in [-0.2, -0.15) is 0 Å². The molecular formula is C22H33FN2O. The molecule has 1 N–H and O–H groups in total. The molecule has 1 aromatic heterocycles. The largest absolute Gasteiger partial charge is 0.392 e. The first-order valence-corrected chi connectivity index (χ1v) is 9.76. The number of nitrogens with zero attached hydrogens (tertiary/aromatic N) is 2. The van der Waals surface area contributed by atoms with E-state index < -0.39 is 0 Å². The van der Waals surface area contributed by atoms with Crippen molar-refractivity contribution in [1.29, 1.82) is 0 Å². The molecule has 1 atom stereocenters. The molecule has 0 bridgehead atoms. The number of halogens is 1. The van der Waals surface area contributed by atoms with E-state index in [1.807, 2.05) is 18.3 Å². The maximum Gasteiger partial charge on any atom is 0.123 e. The van der Waals surface area contributed by atoms with Gasteiger partial charge in [0, 0.05) is 31.5 Å². The lowest BCUT2D eigenvalue weighted by Gasteiger charge is -2.26. The van der Waals surface area contributed by atoms with E-state index in [4.69, 9.17) is 0 Å². The highest BCUT2D eigenvalue weighted by Gasteiger charge is 2.14. The molecular weight excluding hydrogens is 327 g/mol. The Morgan fingerprint density at radius 2 is 1.96 bits per heavy atom. The van der Waals surface area contributed by atoms with E-state index in [0.717, 1.165) is 37.9 Å². The van der Waals surface area contributed by atoms with Crippen molar-refractivity contribution < 1.29 is 9.50 Å². The molecule has 2 rings (SSSR count). The molecule has 4 heteroatoms. The third kappa shape index (κ3) is 6.93. The summed E-state index contributed by atoms with van der Waals surface area (Å²) in [5.74, 6) is 0.442. The number of aliphatic hydroxyl groups excluding tert-OH is 1. The molecule has 0 aliphatic heterocycles. The van der Waals surface area contributed by atoms with E-state index in [2.05, 4.69) is 36.3 Å². The summed E-state index contributed by atoms with van der Waals surface area (Å²) in [6.07, 6.45) is 4.71. The Morgan fingerprint density at radius 1 is 1.15 bits per heavy atom. The average Bonchev–Trinajstić information content (AvgIpc) is 2.99. The molecule has 144 valence electrons. The normalized spacial score (nSPS) is 12.9. The van der Waals surface area contributed by atoms with Crippen molar-refractivity contribution in [2.75, 3.05) is 13.1 Å². The Hall–Kier alpha value is -1.65. The molecule has 0 aliphatic rings. The molecule has 0 unspecified atom stereocenters. The fourth-order valence-corrected chi connectivity index (χ4v) is 3.21. The molecule has 26 heavy (non-hydrogen) atoms. The van der Waals surface area contributed by atoms with Gasteiger partial charge < -0.3 is 9.67 Å². The van der Waals surface area contributed by atoms with Crippen LogP contribution >= 0.6 is 0 Å². The SMILES string of the molecule is CCC[C@H](O)CN(CCC(C)C)Cc1cccn1Cc1cccc(F)c1. The minimum Gasteiger partial charge on any atom is -0.392 e. The summed E-state index contributed by atoms with van der Waals surface area (Å²) < 4.78 is 15.6. The van der Waals surface area contributed by atoms with Crippen molar-refractivity contribution in [3.8, 4) is 0 Å². The Labute approximate surface area is 157 Å². The summed E-state index contributed by atoms with van der Waals surface area (Å²) in [5, 5.41) is 10.3. The fourth-order valence-electron chi connectivity index (χ4n) is 3.21. The predicted octanol–water partition coefficient (Wildman–Crippen LogP) is 4.68. The lowest BCUT2D eigenvalue weighted by Crippen LogP contribution is -2.34. The van der Waals surface area contributed by atoms with Crippen molar-refractivity contribution in [2.24, 2.45) is 5.92 Å². The van der Waals surface area contributed by atoms with Crippen molar-refractivity contribution in [2.45, 2.75) is 59.2 Å². The summed E-state index contributed by atoms with van der Waals surface area (Å²) >= 11 is 0. The third-order valence-electron chi connectivity index (χ3n) is 4.66. The fraction of sp³-hybridized carbons (Fsp3) is 0.545. The van der Waals surface area contributed by atoms with Gasteiger partial charge in [0.15, 0.2) is 0 Å². The third-order valence-corrected chi connectivity index (χ3v) is 4.66. The standard InChI is InChI=1S/C22H33FN2O/c1-4-7-22(26)17-24(13-11-18(2)3)16-21-10-6-12-25(21)15-19-8-5-9-20(23)14-19/h5-6,8-10,12,14,18,22,26H,4,7,11,13,15-17H2,1-3H3/t22-/m0/s1. The van der Waals surface area contributed by atoms with Gasteiger partial charge in [0.25, 0.3) is 0 Å². The van der Waals surface area contributed by atoms with Gasteiger partial charge in [0.1, 0.15) is 5.82 Å². The summed E-state index contributed by atoms with van der Waals surface area (Å²) in [7, 11) is 0. The predicted molar refractivity (Wildman–Crippen MR) is 106 cm³/mol. The van der Waals surface area contributed by atoms with E-state index >= 15 is 0 Å². The molecule has 2 aromatic rings. The number of rotatable bonds is 11. The van der Waals surface area contributed by atoms with Gasteiger partial charge in [0.2, 0.25) is 0 Å². The minimum absolute atomic E-state index is 0.197. The molecule has 0 spiro atoms. The summed E-state index contributed by atoms with van der Waals surface area (Å²) in [6, 6.07) is 10.9. The number of hydrogen-bond acceptors (Lipinski definition) is 2. The van der Waals surface area contributed by atoms with E-state index in [1.54, 1.807) is 12.1 Å². The van der Waals surface area contributed by atoms with Gasteiger partial charge in [0.05, 0.1) is 6.10 Å². The molecule has 3 nitrogen and oxygen atoms in total. The minimum atomic E-state index is -0.279. The van der Waals surface area contributed by atoms with Crippen LogP contribution in [0.25, 0.3) is 0 Å². The Bertz CT molecular complexity index is 653. The summed E-state index contributed by atoms with van der Waals surface area (Å²) in [6.45, 7) is 9.70. The zero-order valence-corrected chi connectivity index (χ0v) is 16.4. The number of aromatic nitrogens is 1. The zero-order valence-electron chi connectivity index (χ0n) is 16.4. The van der Waals surface area contributed by atoms with Gasteiger partial charge in [-0.05, 0) is 55.1 Å². The van der Waals surface area contributed by atoms with Crippen LogP contribution in [-0.4, -0.2) is 33.8 Å². The van der Waals surface area contributed by atoms with Crippen LogP contribution < -0.4 is 0 Å². The second-order valence-electron chi connectivity index (χ2n) is 7.62. The van der Waals surface area contributed by atoms with Crippen LogP contribution in [0.15, 0.2) is 42.6 Å². The highest BCUT2D eigenvalue weighted by molar-refractivity contribution is 5.18. The maximum absolute atomic E-state index is 13.5. The summed E-state index contributed by atoms with van der Waals surface area (Å²) in [4.78, 5) is 2.34. The van der Waals surface area contributed by atoms with Gasteiger partial charge >= 0.3 is 0 Å². The Morgan fingerprint density at radius 3 is 2.65 bits per heavy atom. The molecule has 1 aromatic carbocycles. The molecule has 0 radical (unpaired) electrons. The molecule has 0 aliphatic carbocycles. The van der Waals surface area contributed by atoms with Gasteiger partial charge in [-0.25, -0.2) is 4.39 Å². The molecule has 0 amide bonds. The van der Waals surface area contributed by atoms with Gasteiger partial charge in [-0.3, -0.25) is 4.90 Å². The highest BCUT2D eigenvalue weighted by Crippen LogP contribution is 2.14. The number of benzene rings is 1. The van der Waals surface area contributed by atoms with Crippen LogP contribution in [0.3, 0.4) is 0 Å². The molecule has 0 saturated carbocycles. The quantitative estimate of drug-likeness (QED) is 0.630. The second-order valence-corrected chi connectivity index (χ2v) is 7.62. The zero-order chi connectivity index (χ0) is 18.9. The monoisotopic (exact) mass is 360 g/mol. The first-order valence-electron chi connectivity index (χ1n) is 9.76. The van der Waals surface area contributed by atoms with Crippen molar-refractivity contribution >= 4 is 0 Å². The van der Waals surface area contributed by atoms with Crippen molar-refractivity contribution in [3.05, 3.63) is 59.7 Å². The maximum atomic E-state index is 13.5. The second kappa shape index (κ2) is 10.5. The summed E-state index contributed by atoms with van der Waals surface area (Å²) in [5.41, 5.74) is 2.16. The van der Waals surface area contributed by atoms with Gasteiger partial charge in [-0.15, -0.1) is 0 Å². The van der Waals surface area contributed by atoms with Crippen LogP contribution in [0.5, 0.6) is 0 Å². The number of hydrogen-bond donors (Lipinski definition) is 1. The Balaban J connectivity index is 2.05. The molecule has 0 fully saturated rings. The smallest absolute Gasteiger partial charge is 0.123 e. The first-order chi connectivity index (χ1) is 12.5. The molecule has 1 heterocycles. The van der Waals surface area contributed by atoms with Gasteiger partial charge in [-0.1, -0.05) is 39.3 Å². The van der Waals surface area contributed by atoms with Crippen LogP contribution in [0.2, 0.25) is 0 Å². The van der Waals surface area contributed by atoms with Crippen LogP contribution in [0.4, 0.5) is 4.39 Å². The number of aliphatic hydroxyl groups is 1. The topological polar surface area (TPSA) is 28.4 Å². The van der Waals surface area contributed by atoms with Crippen molar-refractivity contribution in [1.82, 2.24) is 9.47 Å². The van der Waals surface area contributed by atoms with Crippen LogP contribution in [0, 0.1) is 11.7 Å². The van der Waals surface area contributed by atoms with E-state index in [-0.39, 0.29) is 11.9 Å². The Kier molecular flexibility index (Phi) is 8.33. The average molecular weight is 361 g/mol. The van der Waals surface area contributed by atoms with Crippen molar-refractivity contribution in [3.63, 3.8) is 0 Å². The van der Waals surface area contributed by atoms with E-state index in [1.165, 1.54) is 11.8 Å². The van der Waals surface area contributed by atoms with Crippen LogP contribution in [0.1, 0.15) is 51.3 Å². The first kappa shape index (κ1) is 20.7. The van der Waals surface area contributed by atoms with Crippen LogP contribution in [-0.2, 0) is 13.1 Å². The van der Waals surface area contributed by atoms with E-state index in [9.17, 15) is 9.50 Å². The highest BCUT2D eigenvalue weighted by atomic mass is 19.1. The lowest BCUT2D eigenvalue weighted by atomic mass is 10.1. The van der Waals surface area contributed by atoms with E-state index in [0.29, 0.717) is 19.0 Å². The molecule has 0 saturated heterocycles.